The van der Waals surface area contributed by atoms with E-state index in [1.165, 1.54) is 13.2 Å². The van der Waals surface area contributed by atoms with E-state index in [0.717, 1.165) is 5.46 Å². The minimum Gasteiger partial charge on any atom is -0.497 e. The van der Waals surface area contributed by atoms with Crippen molar-refractivity contribution in [3.8, 4) is 5.75 Å². The van der Waals surface area contributed by atoms with Crippen LogP contribution in [0.3, 0.4) is 0 Å². The first-order chi connectivity index (χ1) is 8.68. The minimum atomic E-state index is -0.542. The van der Waals surface area contributed by atoms with Gasteiger partial charge in [-0.2, -0.15) is 0 Å². The smallest absolute Gasteiger partial charge is 0.497 e. The fourth-order valence-corrected chi connectivity index (χ4v) is 2.02. The van der Waals surface area contributed by atoms with Gasteiger partial charge < -0.3 is 14.0 Å². The third kappa shape index (κ3) is 2.37. The van der Waals surface area contributed by atoms with Crippen molar-refractivity contribution >= 4 is 12.6 Å². The van der Waals surface area contributed by atoms with E-state index in [2.05, 4.69) is 0 Å². The number of aryl methyl sites for hydroxylation is 1. The average molecular weight is 266 g/mol. The molecule has 0 unspecified atom stereocenters. The van der Waals surface area contributed by atoms with Crippen LogP contribution in [0, 0.1) is 12.7 Å². The highest BCUT2D eigenvalue weighted by atomic mass is 19.1. The van der Waals surface area contributed by atoms with Crippen LogP contribution in [0.4, 0.5) is 4.39 Å². The summed E-state index contributed by atoms with van der Waals surface area (Å²) in [6.45, 7) is 9.64. The molecule has 0 bridgehead atoms. The van der Waals surface area contributed by atoms with Crippen molar-refractivity contribution in [2.24, 2.45) is 0 Å². The Balaban J connectivity index is 2.42. The fourth-order valence-electron chi connectivity index (χ4n) is 2.02. The molecule has 3 nitrogen and oxygen atoms in total. The molecule has 1 saturated heterocycles. The average Bonchev–Trinajstić information content (AvgIpc) is 2.51. The Labute approximate surface area is 114 Å². The van der Waals surface area contributed by atoms with Crippen molar-refractivity contribution in [2.45, 2.75) is 45.8 Å². The van der Waals surface area contributed by atoms with Crippen molar-refractivity contribution < 1.29 is 18.4 Å². The van der Waals surface area contributed by atoms with Crippen LogP contribution in [0.15, 0.2) is 12.1 Å². The van der Waals surface area contributed by atoms with Gasteiger partial charge in [0.1, 0.15) is 11.6 Å². The van der Waals surface area contributed by atoms with Gasteiger partial charge in [0.05, 0.1) is 18.3 Å². The second-order valence-electron chi connectivity index (χ2n) is 5.93. The van der Waals surface area contributed by atoms with Crippen molar-refractivity contribution in [1.82, 2.24) is 0 Å². The first-order valence-electron chi connectivity index (χ1n) is 6.37. The molecule has 5 heteroatoms. The van der Waals surface area contributed by atoms with Gasteiger partial charge in [0.25, 0.3) is 0 Å². The normalized spacial score (nSPS) is 20.7. The van der Waals surface area contributed by atoms with Gasteiger partial charge in [0.2, 0.25) is 0 Å². The third-order valence-electron chi connectivity index (χ3n) is 4.02. The zero-order valence-corrected chi connectivity index (χ0v) is 12.3. The van der Waals surface area contributed by atoms with Gasteiger partial charge >= 0.3 is 7.12 Å². The largest absolute Gasteiger partial charge is 0.498 e. The first-order valence-corrected chi connectivity index (χ1v) is 6.37. The van der Waals surface area contributed by atoms with Crippen LogP contribution in [0.25, 0.3) is 0 Å². The molecule has 1 heterocycles. The van der Waals surface area contributed by atoms with Crippen LogP contribution in [0.5, 0.6) is 5.75 Å². The number of hydrogen-bond donors (Lipinski definition) is 0. The number of halogens is 1. The maximum absolute atomic E-state index is 13.6. The lowest BCUT2D eigenvalue weighted by Gasteiger charge is -2.32. The molecule has 0 spiro atoms. The standard InChI is InChI=1S/C14H20BFO3/c1-9-7-10(12(17-6)8-11(9)16)15-18-13(2,3)14(4,5)19-15/h7-8H,1-6H3. The van der Waals surface area contributed by atoms with Gasteiger partial charge in [-0.05, 0) is 40.2 Å². The minimum absolute atomic E-state index is 0.294. The lowest BCUT2D eigenvalue weighted by molar-refractivity contribution is 0.00578. The summed E-state index contributed by atoms with van der Waals surface area (Å²) in [5, 5.41) is 0. The molecule has 1 aromatic carbocycles. The molecule has 0 saturated carbocycles. The lowest BCUT2D eigenvalue weighted by atomic mass is 9.77. The molecule has 1 aliphatic rings. The van der Waals surface area contributed by atoms with Gasteiger partial charge in [-0.15, -0.1) is 0 Å². The summed E-state index contributed by atoms with van der Waals surface area (Å²) in [5.74, 6) is 0.152. The molecular formula is C14H20BFO3. The van der Waals surface area contributed by atoms with Gasteiger partial charge in [0, 0.05) is 11.5 Å². The highest BCUT2D eigenvalue weighted by Gasteiger charge is 2.52. The van der Waals surface area contributed by atoms with E-state index in [1.807, 2.05) is 27.7 Å². The van der Waals surface area contributed by atoms with E-state index in [0.29, 0.717) is 11.3 Å². The molecule has 2 rings (SSSR count). The van der Waals surface area contributed by atoms with Crippen molar-refractivity contribution in [3.05, 3.63) is 23.5 Å². The van der Waals surface area contributed by atoms with Crippen molar-refractivity contribution in [2.75, 3.05) is 7.11 Å². The highest BCUT2D eigenvalue weighted by molar-refractivity contribution is 6.63. The number of rotatable bonds is 2. The molecule has 1 aromatic rings. The monoisotopic (exact) mass is 266 g/mol. The van der Waals surface area contributed by atoms with Crippen molar-refractivity contribution in [1.29, 1.82) is 0 Å². The summed E-state index contributed by atoms with van der Waals surface area (Å²) in [6, 6.07) is 3.09. The van der Waals surface area contributed by atoms with Crippen LogP contribution >= 0.6 is 0 Å². The quantitative estimate of drug-likeness (QED) is 0.769. The number of benzene rings is 1. The second kappa shape index (κ2) is 4.49. The van der Waals surface area contributed by atoms with Crippen molar-refractivity contribution in [3.63, 3.8) is 0 Å². The number of methoxy groups -OCH3 is 1. The lowest BCUT2D eigenvalue weighted by Crippen LogP contribution is -2.41. The molecular weight excluding hydrogens is 246 g/mol. The Morgan fingerprint density at radius 2 is 1.63 bits per heavy atom. The highest BCUT2D eigenvalue weighted by Crippen LogP contribution is 2.37. The Hall–Kier alpha value is -1.07. The summed E-state index contributed by atoms with van der Waals surface area (Å²) in [7, 11) is 0.970. The Bertz CT molecular complexity index is 484. The fraction of sp³-hybridized carbons (Fsp3) is 0.571. The maximum Gasteiger partial charge on any atom is 0.498 e. The molecule has 0 atom stereocenters. The van der Waals surface area contributed by atoms with Crippen LogP contribution < -0.4 is 10.2 Å². The predicted octanol–water partition coefficient (Wildman–Crippen LogP) is 2.44. The van der Waals surface area contributed by atoms with E-state index in [-0.39, 0.29) is 5.82 Å². The van der Waals surface area contributed by atoms with E-state index >= 15 is 0 Å². The molecule has 1 aliphatic heterocycles. The van der Waals surface area contributed by atoms with E-state index in [4.69, 9.17) is 14.0 Å². The van der Waals surface area contributed by atoms with Crippen LogP contribution in [-0.2, 0) is 9.31 Å². The molecule has 19 heavy (non-hydrogen) atoms. The summed E-state index contributed by atoms with van der Waals surface area (Å²) in [5.41, 5.74) is 0.418. The van der Waals surface area contributed by atoms with E-state index in [1.54, 1.807) is 13.0 Å². The Morgan fingerprint density at radius 1 is 1.11 bits per heavy atom. The SMILES string of the molecule is COc1cc(F)c(C)cc1B1OC(C)(C)C(C)(C)O1. The first kappa shape index (κ1) is 14.3. The van der Waals surface area contributed by atoms with Gasteiger partial charge in [-0.25, -0.2) is 4.39 Å². The van der Waals surface area contributed by atoms with Gasteiger partial charge in [-0.3, -0.25) is 0 Å². The molecule has 0 N–H and O–H groups in total. The van der Waals surface area contributed by atoms with Gasteiger partial charge in [0.15, 0.2) is 0 Å². The molecule has 0 aromatic heterocycles. The topological polar surface area (TPSA) is 27.7 Å². The van der Waals surface area contributed by atoms with Crippen LogP contribution in [0.2, 0.25) is 0 Å². The van der Waals surface area contributed by atoms with Crippen LogP contribution in [-0.4, -0.2) is 25.4 Å². The summed E-state index contributed by atoms with van der Waals surface area (Å²) >= 11 is 0. The summed E-state index contributed by atoms with van der Waals surface area (Å²) < 4.78 is 30.7. The molecule has 104 valence electrons. The second-order valence-corrected chi connectivity index (χ2v) is 5.93. The van der Waals surface area contributed by atoms with E-state index < -0.39 is 18.3 Å². The maximum atomic E-state index is 13.6. The summed E-state index contributed by atoms with van der Waals surface area (Å²) in [6.07, 6.45) is 0. The number of hydrogen-bond acceptors (Lipinski definition) is 3. The zero-order valence-electron chi connectivity index (χ0n) is 12.3. The molecule has 0 amide bonds. The number of ether oxygens (including phenoxy) is 1. The zero-order chi connectivity index (χ0) is 14.4. The van der Waals surface area contributed by atoms with Gasteiger partial charge in [-0.1, -0.05) is 6.07 Å². The Kier molecular flexibility index (Phi) is 3.39. The summed E-state index contributed by atoms with van der Waals surface area (Å²) in [4.78, 5) is 0. The Morgan fingerprint density at radius 3 is 2.11 bits per heavy atom. The third-order valence-corrected chi connectivity index (χ3v) is 4.02. The van der Waals surface area contributed by atoms with Crippen LogP contribution in [0.1, 0.15) is 33.3 Å². The molecule has 1 fully saturated rings. The molecule has 0 radical (unpaired) electrons. The predicted molar refractivity (Wildman–Crippen MR) is 73.4 cm³/mol. The van der Waals surface area contributed by atoms with E-state index in [9.17, 15) is 4.39 Å². The molecule has 0 aliphatic carbocycles.